The number of non-ortho nitro benzene ring substituents is 1. The second kappa shape index (κ2) is 7.68. The van der Waals surface area contributed by atoms with Crippen LogP contribution in [0, 0.1) is 10.1 Å². The maximum absolute atomic E-state index is 12.1. The van der Waals surface area contributed by atoms with Gasteiger partial charge in [0.1, 0.15) is 5.25 Å². The molecule has 1 aromatic carbocycles. The summed E-state index contributed by atoms with van der Waals surface area (Å²) in [5.74, 6) is -1.37. The van der Waals surface area contributed by atoms with Crippen LogP contribution in [0.4, 0.5) is 5.69 Å². The van der Waals surface area contributed by atoms with Gasteiger partial charge in [0.2, 0.25) is 5.91 Å². The average Bonchev–Trinajstić information content (AvgIpc) is 2.82. The quantitative estimate of drug-likeness (QED) is 0.473. The monoisotopic (exact) mass is 350 g/mol. The Kier molecular flexibility index (Phi) is 5.64. The van der Waals surface area contributed by atoms with E-state index < -0.39 is 16.1 Å². The smallest absolute Gasteiger partial charge is 0.305 e. The fourth-order valence-corrected chi connectivity index (χ4v) is 3.18. The number of carboxylic acid groups (broad SMARTS) is 1. The molecule has 0 spiro atoms. The minimum Gasteiger partial charge on any atom is -0.481 e. The minimum atomic E-state index is -1.06. The van der Waals surface area contributed by atoms with Crippen LogP contribution in [0.15, 0.2) is 34.5 Å². The Morgan fingerprint density at radius 1 is 1.54 bits per heavy atom. The highest BCUT2D eigenvalue weighted by Gasteiger charge is 2.38. The Morgan fingerprint density at radius 2 is 2.29 bits per heavy atom. The van der Waals surface area contributed by atoms with E-state index in [-0.39, 0.29) is 18.0 Å². The predicted molar refractivity (Wildman–Crippen MR) is 89.1 cm³/mol. The lowest BCUT2D eigenvalue weighted by Crippen LogP contribution is -2.32. The minimum absolute atomic E-state index is 0.0614. The molecule has 1 heterocycles. The second-order valence-corrected chi connectivity index (χ2v) is 5.94. The first-order valence-electron chi connectivity index (χ1n) is 6.97. The fourth-order valence-electron chi connectivity index (χ4n) is 2.03. The van der Waals surface area contributed by atoms with Crippen LogP contribution in [-0.2, 0) is 9.59 Å². The van der Waals surface area contributed by atoms with Gasteiger partial charge in [-0.1, -0.05) is 23.9 Å². The van der Waals surface area contributed by atoms with Crippen LogP contribution < -0.4 is 0 Å². The number of carbonyl (C=O) groups is 2. The molecule has 1 N–H and O–H groups in total. The van der Waals surface area contributed by atoms with E-state index in [1.54, 1.807) is 13.0 Å². The van der Waals surface area contributed by atoms with E-state index in [1.807, 2.05) is 0 Å². The first kappa shape index (κ1) is 17.6. The lowest BCUT2D eigenvalue weighted by Gasteiger charge is -2.11. The number of thioether (sulfide) groups is 1. The molecule has 2 rings (SSSR count). The number of amidine groups is 1. The molecule has 1 aliphatic heterocycles. The van der Waals surface area contributed by atoms with Gasteiger partial charge < -0.3 is 5.11 Å². The summed E-state index contributed by atoms with van der Waals surface area (Å²) in [6.07, 6.45) is 1.05. The SMILES string of the molecule is CCN1C(=O)C(CC(=O)O)S/C1=N\N=C\c1cccc([N+](=O)[O-])c1. The van der Waals surface area contributed by atoms with Gasteiger partial charge in [0.25, 0.3) is 5.69 Å². The van der Waals surface area contributed by atoms with E-state index in [1.165, 1.54) is 29.3 Å². The van der Waals surface area contributed by atoms with E-state index in [9.17, 15) is 19.7 Å². The van der Waals surface area contributed by atoms with Crippen LogP contribution in [0.3, 0.4) is 0 Å². The highest BCUT2D eigenvalue weighted by Crippen LogP contribution is 2.29. The lowest BCUT2D eigenvalue weighted by molar-refractivity contribution is -0.384. The van der Waals surface area contributed by atoms with Gasteiger partial charge >= 0.3 is 5.97 Å². The number of hydrogen-bond acceptors (Lipinski definition) is 7. The van der Waals surface area contributed by atoms with E-state index >= 15 is 0 Å². The molecule has 9 nitrogen and oxygen atoms in total. The molecule has 126 valence electrons. The van der Waals surface area contributed by atoms with Crippen molar-refractivity contribution in [3.05, 3.63) is 39.9 Å². The molecular formula is C14H14N4O5S. The lowest BCUT2D eigenvalue weighted by atomic mass is 10.2. The zero-order chi connectivity index (χ0) is 17.7. The van der Waals surface area contributed by atoms with E-state index in [0.717, 1.165) is 11.8 Å². The summed E-state index contributed by atoms with van der Waals surface area (Å²) in [7, 11) is 0. The van der Waals surface area contributed by atoms with Crippen molar-refractivity contribution < 1.29 is 19.6 Å². The summed E-state index contributed by atoms with van der Waals surface area (Å²) >= 11 is 1.05. The van der Waals surface area contributed by atoms with Gasteiger partial charge in [-0.15, -0.1) is 5.10 Å². The van der Waals surface area contributed by atoms with Crippen LogP contribution >= 0.6 is 11.8 Å². The Bertz CT molecular complexity index is 734. The summed E-state index contributed by atoms with van der Waals surface area (Å²) in [5.41, 5.74) is 0.432. The topological polar surface area (TPSA) is 125 Å². The Morgan fingerprint density at radius 3 is 2.92 bits per heavy atom. The number of carboxylic acids is 1. The van der Waals surface area contributed by atoms with Crippen molar-refractivity contribution >= 4 is 40.7 Å². The molecule has 1 atom stereocenters. The summed E-state index contributed by atoms with van der Waals surface area (Å²) in [4.78, 5) is 34.4. The molecular weight excluding hydrogens is 336 g/mol. The molecule has 1 fully saturated rings. The van der Waals surface area contributed by atoms with E-state index in [0.29, 0.717) is 17.3 Å². The van der Waals surface area contributed by atoms with E-state index in [4.69, 9.17) is 5.11 Å². The first-order valence-corrected chi connectivity index (χ1v) is 7.85. The maximum Gasteiger partial charge on any atom is 0.305 e. The van der Waals surface area contributed by atoms with Crippen molar-refractivity contribution in [3.8, 4) is 0 Å². The normalized spacial score (nSPS) is 19.4. The number of aliphatic carboxylic acids is 1. The highest BCUT2D eigenvalue weighted by molar-refractivity contribution is 8.15. The summed E-state index contributed by atoms with van der Waals surface area (Å²) in [6, 6.07) is 5.88. The van der Waals surface area contributed by atoms with Gasteiger partial charge in [-0.25, -0.2) is 0 Å². The van der Waals surface area contributed by atoms with Crippen molar-refractivity contribution in [2.75, 3.05) is 6.54 Å². The maximum atomic E-state index is 12.1. The van der Waals surface area contributed by atoms with Gasteiger partial charge in [-0.2, -0.15) is 5.10 Å². The Balaban J connectivity index is 2.15. The number of nitrogens with zero attached hydrogens (tertiary/aromatic N) is 4. The molecule has 0 saturated carbocycles. The fraction of sp³-hybridized carbons (Fsp3) is 0.286. The average molecular weight is 350 g/mol. The Hall–Kier alpha value is -2.75. The summed E-state index contributed by atoms with van der Waals surface area (Å²) < 4.78 is 0. The molecule has 1 amide bonds. The molecule has 1 unspecified atom stereocenters. The number of amides is 1. The van der Waals surface area contributed by atoms with Crippen LogP contribution in [0.5, 0.6) is 0 Å². The number of nitro benzene ring substituents is 1. The summed E-state index contributed by atoms with van der Waals surface area (Å²) in [5, 5.41) is 26.9. The zero-order valence-corrected chi connectivity index (χ0v) is 13.5. The number of carbonyl (C=O) groups excluding carboxylic acids is 1. The molecule has 0 bridgehead atoms. The van der Waals surface area contributed by atoms with Gasteiger partial charge in [0.15, 0.2) is 5.17 Å². The van der Waals surface area contributed by atoms with Gasteiger partial charge in [-0.05, 0) is 6.92 Å². The first-order chi connectivity index (χ1) is 11.4. The van der Waals surface area contributed by atoms with Crippen molar-refractivity contribution in [2.45, 2.75) is 18.6 Å². The number of benzene rings is 1. The molecule has 0 aliphatic carbocycles. The van der Waals surface area contributed by atoms with Crippen molar-refractivity contribution in [1.29, 1.82) is 0 Å². The molecule has 1 aliphatic rings. The van der Waals surface area contributed by atoms with Gasteiger partial charge in [-0.3, -0.25) is 24.6 Å². The van der Waals surface area contributed by atoms with Crippen LogP contribution in [-0.4, -0.2) is 50.0 Å². The number of nitro groups is 1. The largest absolute Gasteiger partial charge is 0.481 e. The van der Waals surface area contributed by atoms with Crippen LogP contribution in [0.1, 0.15) is 18.9 Å². The molecule has 1 saturated heterocycles. The van der Waals surface area contributed by atoms with Crippen molar-refractivity contribution in [2.24, 2.45) is 10.2 Å². The van der Waals surface area contributed by atoms with Crippen molar-refractivity contribution in [1.82, 2.24) is 4.90 Å². The van der Waals surface area contributed by atoms with Gasteiger partial charge in [0.05, 0.1) is 17.6 Å². The standard InChI is InChI=1S/C14H14N4O5S/c1-2-17-13(21)11(7-12(19)20)24-14(17)16-15-8-9-4-3-5-10(6-9)18(22)23/h3-6,8,11H,2,7H2,1H3,(H,19,20)/b15-8+,16-14-. The molecule has 0 aromatic heterocycles. The van der Waals surface area contributed by atoms with Crippen molar-refractivity contribution in [3.63, 3.8) is 0 Å². The number of hydrogen-bond donors (Lipinski definition) is 1. The van der Waals surface area contributed by atoms with Crippen LogP contribution in [0.25, 0.3) is 0 Å². The molecule has 1 aromatic rings. The van der Waals surface area contributed by atoms with Gasteiger partial charge in [0, 0.05) is 24.2 Å². The summed E-state index contributed by atoms with van der Waals surface area (Å²) in [6.45, 7) is 2.11. The van der Waals surface area contributed by atoms with E-state index in [2.05, 4.69) is 10.2 Å². The second-order valence-electron chi connectivity index (χ2n) is 4.77. The third-order valence-corrected chi connectivity index (χ3v) is 4.29. The number of rotatable bonds is 6. The molecule has 24 heavy (non-hydrogen) atoms. The third kappa shape index (κ3) is 4.16. The zero-order valence-electron chi connectivity index (χ0n) is 12.7. The molecule has 0 radical (unpaired) electrons. The highest BCUT2D eigenvalue weighted by atomic mass is 32.2. The van der Waals surface area contributed by atoms with Crippen LogP contribution in [0.2, 0.25) is 0 Å². The Labute approximate surface area is 141 Å². The molecule has 10 heteroatoms. The predicted octanol–water partition coefficient (Wildman–Crippen LogP) is 1.72. The third-order valence-electron chi connectivity index (χ3n) is 3.13.